The van der Waals surface area contributed by atoms with Crippen LogP contribution in [0.15, 0.2) is 53.4 Å². The van der Waals surface area contributed by atoms with Gasteiger partial charge in [0.05, 0.1) is 10.5 Å². The molecule has 1 saturated heterocycles. The number of nitrogens with one attached hydrogen (secondary N) is 1. The average molecular weight is 454 g/mol. The Morgan fingerprint density at radius 2 is 1.52 bits per heavy atom. The third-order valence-corrected chi connectivity index (χ3v) is 7.04. The Bertz CT molecular complexity index is 1060. The van der Waals surface area contributed by atoms with E-state index in [2.05, 4.69) is 5.32 Å². The van der Waals surface area contributed by atoms with Crippen molar-refractivity contribution in [3.8, 4) is 0 Å². The Kier molecular flexibility index (Phi) is 6.51. The number of aryl methyl sites for hydroxylation is 1. The van der Waals surface area contributed by atoms with E-state index < -0.39 is 39.5 Å². The second-order valence-electron chi connectivity index (χ2n) is 7.37. The number of carbonyl (C=O) groups excluding carboxylic acids is 2. The number of hydrogen-bond donors (Lipinski definition) is 1. The maximum absolute atomic E-state index is 12.7. The Hall–Kier alpha value is -2.72. The van der Waals surface area contributed by atoms with Crippen LogP contribution in [-0.2, 0) is 21.0 Å². The minimum atomic E-state index is -4.53. The van der Waals surface area contributed by atoms with E-state index in [1.54, 1.807) is 24.3 Å². The number of nitrogens with zero attached hydrogens (tertiary/aromatic N) is 1. The zero-order chi connectivity index (χ0) is 22.8. The first kappa shape index (κ1) is 23.0. The fourth-order valence-electron chi connectivity index (χ4n) is 3.29. The van der Waals surface area contributed by atoms with E-state index in [-0.39, 0.29) is 23.5 Å². The summed E-state index contributed by atoms with van der Waals surface area (Å²) >= 11 is 0. The van der Waals surface area contributed by atoms with Gasteiger partial charge in [-0.1, -0.05) is 29.8 Å². The van der Waals surface area contributed by atoms with E-state index in [1.165, 1.54) is 4.31 Å². The standard InChI is InChI=1S/C21H21F3N2O4S/c1-14-2-8-18(9-3-14)31(29,30)26-12-10-17(11-13-26)25-20(28)19(27)15-4-6-16(7-5-15)21(22,23)24/h2-9,17H,10-13H2,1H3,(H,25,28). The van der Waals surface area contributed by atoms with Crippen LogP contribution in [0.3, 0.4) is 0 Å². The molecule has 0 unspecified atom stereocenters. The summed E-state index contributed by atoms with van der Waals surface area (Å²) in [7, 11) is -3.64. The van der Waals surface area contributed by atoms with Gasteiger partial charge in [0.2, 0.25) is 15.8 Å². The molecule has 1 aliphatic heterocycles. The molecule has 0 saturated carbocycles. The highest BCUT2D eigenvalue weighted by Gasteiger charge is 2.32. The van der Waals surface area contributed by atoms with Crippen molar-refractivity contribution in [1.29, 1.82) is 0 Å². The van der Waals surface area contributed by atoms with E-state index in [0.717, 1.165) is 29.8 Å². The molecule has 31 heavy (non-hydrogen) atoms. The smallest absolute Gasteiger partial charge is 0.346 e. The van der Waals surface area contributed by atoms with Gasteiger partial charge >= 0.3 is 6.18 Å². The lowest BCUT2D eigenvalue weighted by atomic mass is 10.0. The SMILES string of the molecule is Cc1ccc(S(=O)(=O)N2CCC(NC(=O)C(=O)c3ccc(C(F)(F)F)cc3)CC2)cc1. The van der Waals surface area contributed by atoms with Gasteiger partial charge in [-0.3, -0.25) is 9.59 Å². The van der Waals surface area contributed by atoms with Crippen molar-refractivity contribution < 1.29 is 31.2 Å². The molecule has 0 bridgehead atoms. The number of Topliss-reactive ketones (excluding diaryl/α,β-unsaturated/α-hetero) is 1. The summed E-state index contributed by atoms with van der Waals surface area (Å²) < 4.78 is 64.6. The van der Waals surface area contributed by atoms with Gasteiger partial charge in [0.25, 0.3) is 5.91 Å². The highest BCUT2D eigenvalue weighted by Crippen LogP contribution is 2.29. The molecule has 1 heterocycles. The molecule has 2 aromatic rings. The zero-order valence-electron chi connectivity index (χ0n) is 16.6. The monoisotopic (exact) mass is 454 g/mol. The number of benzene rings is 2. The molecule has 0 atom stereocenters. The average Bonchev–Trinajstić information content (AvgIpc) is 2.73. The molecule has 0 radical (unpaired) electrons. The first-order valence-corrected chi connectivity index (χ1v) is 11.0. The molecule has 166 valence electrons. The summed E-state index contributed by atoms with van der Waals surface area (Å²) in [6.45, 7) is 2.21. The number of sulfonamides is 1. The fourth-order valence-corrected chi connectivity index (χ4v) is 4.76. The summed E-state index contributed by atoms with van der Waals surface area (Å²) in [4.78, 5) is 24.6. The second-order valence-corrected chi connectivity index (χ2v) is 9.31. The molecule has 0 aromatic heterocycles. The van der Waals surface area contributed by atoms with Crippen LogP contribution in [0.4, 0.5) is 13.2 Å². The lowest BCUT2D eigenvalue weighted by Crippen LogP contribution is -2.48. The van der Waals surface area contributed by atoms with Gasteiger partial charge in [-0.15, -0.1) is 0 Å². The van der Waals surface area contributed by atoms with E-state index in [9.17, 15) is 31.2 Å². The van der Waals surface area contributed by atoms with Crippen molar-refractivity contribution in [1.82, 2.24) is 9.62 Å². The topological polar surface area (TPSA) is 83.6 Å². The van der Waals surface area contributed by atoms with Crippen molar-refractivity contribution in [3.63, 3.8) is 0 Å². The molecular formula is C21H21F3N2O4S. The number of piperidine rings is 1. The molecule has 1 N–H and O–H groups in total. The van der Waals surface area contributed by atoms with Crippen LogP contribution in [0.2, 0.25) is 0 Å². The normalized spacial score (nSPS) is 16.1. The largest absolute Gasteiger partial charge is 0.416 e. The predicted octanol–water partition coefficient (Wildman–Crippen LogP) is 3.17. The minimum Gasteiger partial charge on any atom is -0.346 e. The van der Waals surface area contributed by atoms with Gasteiger partial charge < -0.3 is 5.32 Å². The van der Waals surface area contributed by atoms with Gasteiger partial charge in [-0.05, 0) is 44.0 Å². The molecule has 6 nitrogen and oxygen atoms in total. The first-order valence-electron chi connectivity index (χ1n) is 9.58. The maximum Gasteiger partial charge on any atom is 0.416 e. The summed E-state index contributed by atoms with van der Waals surface area (Å²) in [5, 5.41) is 2.55. The highest BCUT2D eigenvalue weighted by molar-refractivity contribution is 7.89. The van der Waals surface area contributed by atoms with Crippen LogP contribution in [0, 0.1) is 6.92 Å². The molecule has 0 spiro atoms. The Labute approximate surface area is 178 Å². The van der Waals surface area contributed by atoms with Crippen molar-refractivity contribution in [3.05, 3.63) is 65.2 Å². The molecule has 10 heteroatoms. The quantitative estimate of drug-likeness (QED) is 0.556. The van der Waals surface area contributed by atoms with Gasteiger partial charge in [0.1, 0.15) is 0 Å². The molecule has 1 fully saturated rings. The van der Waals surface area contributed by atoms with E-state index in [1.807, 2.05) is 6.92 Å². The van der Waals surface area contributed by atoms with Crippen LogP contribution in [-0.4, -0.2) is 43.5 Å². The first-order chi connectivity index (χ1) is 14.5. The number of carbonyl (C=O) groups is 2. The number of amides is 1. The van der Waals surface area contributed by atoms with Crippen LogP contribution in [0.25, 0.3) is 0 Å². The Morgan fingerprint density at radius 1 is 0.968 bits per heavy atom. The number of alkyl halides is 3. The number of ketones is 1. The van der Waals surface area contributed by atoms with E-state index >= 15 is 0 Å². The van der Waals surface area contributed by atoms with E-state index in [0.29, 0.717) is 12.8 Å². The lowest BCUT2D eigenvalue weighted by Gasteiger charge is -2.31. The van der Waals surface area contributed by atoms with Crippen LogP contribution in [0.5, 0.6) is 0 Å². The zero-order valence-corrected chi connectivity index (χ0v) is 17.5. The van der Waals surface area contributed by atoms with Crippen molar-refractivity contribution in [2.75, 3.05) is 13.1 Å². The summed E-state index contributed by atoms with van der Waals surface area (Å²) in [6, 6.07) is 9.52. The Morgan fingerprint density at radius 3 is 2.03 bits per heavy atom. The second kappa shape index (κ2) is 8.80. The third-order valence-electron chi connectivity index (χ3n) is 5.13. The fraction of sp³-hybridized carbons (Fsp3) is 0.333. The molecule has 1 aliphatic rings. The van der Waals surface area contributed by atoms with Crippen LogP contribution < -0.4 is 5.32 Å². The maximum atomic E-state index is 12.7. The molecule has 3 rings (SSSR count). The van der Waals surface area contributed by atoms with Crippen LogP contribution in [0.1, 0.15) is 34.3 Å². The van der Waals surface area contributed by atoms with Crippen molar-refractivity contribution >= 4 is 21.7 Å². The van der Waals surface area contributed by atoms with Gasteiger partial charge in [-0.2, -0.15) is 17.5 Å². The molecule has 2 aromatic carbocycles. The van der Waals surface area contributed by atoms with Gasteiger partial charge in [0.15, 0.2) is 0 Å². The predicted molar refractivity (Wildman–Crippen MR) is 107 cm³/mol. The van der Waals surface area contributed by atoms with Crippen molar-refractivity contribution in [2.45, 2.75) is 36.9 Å². The summed E-state index contributed by atoms with van der Waals surface area (Å²) in [6.07, 6.45) is -3.90. The third kappa shape index (κ3) is 5.31. The molecule has 1 amide bonds. The lowest BCUT2D eigenvalue weighted by molar-refractivity contribution is -0.137. The van der Waals surface area contributed by atoms with Crippen LogP contribution >= 0.6 is 0 Å². The summed E-state index contributed by atoms with van der Waals surface area (Å²) in [5.74, 6) is -1.87. The van der Waals surface area contributed by atoms with Gasteiger partial charge in [0, 0.05) is 24.7 Å². The number of rotatable bonds is 5. The molecule has 0 aliphatic carbocycles. The minimum absolute atomic E-state index is 0.148. The highest BCUT2D eigenvalue weighted by atomic mass is 32.2. The van der Waals surface area contributed by atoms with Gasteiger partial charge in [-0.25, -0.2) is 8.42 Å². The molecular weight excluding hydrogens is 433 g/mol. The van der Waals surface area contributed by atoms with Crippen molar-refractivity contribution in [2.24, 2.45) is 0 Å². The summed E-state index contributed by atoms with van der Waals surface area (Å²) in [5.41, 5.74) is -0.116. The number of hydrogen-bond acceptors (Lipinski definition) is 4. The number of halogens is 3. The van der Waals surface area contributed by atoms with E-state index in [4.69, 9.17) is 0 Å². The Balaban J connectivity index is 1.57.